The lowest BCUT2D eigenvalue weighted by molar-refractivity contribution is 0.104. The molecule has 0 saturated carbocycles. The largest absolute Gasteiger partial charge is 0.289 e. The van der Waals surface area contributed by atoms with Crippen LogP contribution in [0.25, 0.3) is 21.9 Å². The molecule has 3 aromatic rings. The van der Waals surface area contributed by atoms with E-state index in [0.717, 1.165) is 22.1 Å². The first-order valence-corrected chi connectivity index (χ1v) is 9.35. The Balaban J connectivity index is 2.08. The highest BCUT2D eigenvalue weighted by atomic mass is 16.1. The van der Waals surface area contributed by atoms with Gasteiger partial charge >= 0.3 is 0 Å². The van der Waals surface area contributed by atoms with Crippen LogP contribution in [0, 0.1) is 0 Å². The predicted octanol–water partition coefficient (Wildman–Crippen LogP) is 6.65. The van der Waals surface area contributed by atoms with Crippen LogP contribution in [0.1, 0.15) is 68.6 Å². The first-order chi connectivity index (χ1) is 12.1. The molecule has 0 bridgehead atoms. The van der Waals surface area contributed by atoms with Crippen LogP contribution in [-0.4, -0.2) is 5.78 Å². The van der Waals surface area contributed by atoms with Crippen molar-refractivity contribution in [1.29, 1.82) is 0 Å². The summed E-state index contributed by atoms with van der Waals surface area (Å²) in [6.45, 7) is 13.2. The second-order valence-corrected chi connectivity index (χ2v) is 9.48. The molecule has 0 unspecified atom stereocenters. The number of carbonyl (C=O) groups is 1. The molecule has 1 aliphatic rings. The molecule has 3 aromatic carbocycles. The average Bonchev–Trinajstić information content (AvgIpc) is 2.56. The second-order valence-electron chi connectivity index (χ2n) is 9.48. The van der Waals surface area contributed by atoms with Crippen LogP contribution < -0.4 is 0 Å². The van der Waals surface area contributed by atoms with E-state index < -0.39 is 0 Å². The van der Waals surface area contributed by atoms with Crippen molar-refractivity contribution in [1.82, 2.24) is 0 Å². The summed E-state index contributed by atoms with van der Waals surface area (Å²) in [6, 6.07) is 17.0. The molecule has 0 aliphatic heterocycles. The van der Waals surface area contributed by atoms with Crippen LogP contribution in [0.5, 0.6) is 0 Å². The van der Waals surface area contributed by atoms with E-state index in [1.807, 2.05) is 6.07 Å². The van der Waals surface area contributed by atoms with Gasteiger partial charge in [-0.25, -0.2) is 0 Å². The van der Waals surface area contributed by atoms with Crippen molar-refractivity contribution in [2.45, 2.75) is 52.4 Å². The van der Waals surface area contributed by atoms with E-state index in [1.165, 1.54) is 22.1 Å². The van der Waals surface area contributed by atoms with Gasteiger partial charge in [0.1, 0.15) is 0 Å². The Morgan fingerprint density at radius 3 is 2.00 bits per heavy atom. The molecule has 0 amide bonds. The number of hydrogen-bond acceptors (Lipinski definition) is 1. The van der Waals surface area contributed by atoms with Crippen LogP contribution in [0.4, 0.5) is 0 Å². The van der Waals surface area contributed by atoms with Gasteiger partial charge in [-0.05, 0) is 44.5 Å². The molecular formula is C25H26O. The van der Waals surface area contributed by atoms with Crippen LogP contribution in [-0.2, 0) is 10.8 Å². The fourth-order valence-electron chi connectivity index (χ4n) is 4.05. The van der Waals surface area contributed by atoms with Gasteiger partial charge < -0.3 is 0 Å². The summed E-state index contributed by atoms with van der Waals surface area (Å²) in [7, 11) is 0. The quantitative estimate of drug-likeness (QED) is 0.350. The number of rotatable bonds is 0. The summed E-state index contributed by atoms with van der Waals surface area (Å²) in [5.41, 5.74) is 6.47. The first kappa shape index (κ1) is 17.0. The van der Waals surface area contributed by atoms with Gasteiger partial charge in [0, 0.05) is 16.5 Å². The lowest BCUT2D eigenvalue weighted by Gasteiger charge is -2.27. The number of fused-ring (bicyclic) bond motifs is 2. The Kier molecular flexibility index (Phi) is 3.47. The van der Waals surface area contributed by atoms with Crippen molar-refractivity contribution in [3.8, 4) is 11.1 Å². The highest BCUT2D eigenvalue weighted by Crippen LogP contribution is 2.43. The number of ketones is 1. The van der Waals surface area contributed by atoms with E-state index in [2.05, 4.69) is 84.0 Å². The van der Waals surface area contributed by atoms with Gasteiger partial charge in [-0.2, -0.15) is 0 Å². The summed E-state index contributed by atoms with van der Waals surface area (Å²) >= 11 is 0. The normalized spacial score (nSPS) is 13.8. The van der Waals surface area contributed by atoms with E-state index in [0.29, 0.717) is 0 Å². The molecule has 0 fully saturated rings. The SMILES string of the molecule is CC(C)(C)c1ccc2c(c1)C(=O)c1ccc(C(C)(C)C)c3cccc-2c13. The summed E-state index contributed by atoms with van der Waals surface area (Å²) in [6.07, 6.45) is 0. The fourth-order valence-corrected chi connectivity index (χ4v) is 4.05. The van der Waals surface area contributed by atoms with Gasteiger partial charge in [0.25, 0.3) is 0 Å². The van der Waals surface area contributed by atoms with Crippen molar-refractivity contribution in [3.63, 3.8) is 0 Å². The summed E-state index contributed by atoms with van der Waals surface area (Å²) in [4.78, 5) is 13.3. The third kappa shape index (κ3) is 2.41. The van der Waals surface area contributed by atoms with Gasteiger partial charge in [-0.3, -0.25) is 4.79 Å². The maximum absolute atomic E-state index is 13.3. The summed E-state index contributed by atoms with van der Waals surface area (Å²) in [5, 5.41) is 2.31. The Bertz CT molecular complexity index is 1060. The first-order valence-electron chi connectivity index (χ1n) is 9.35. The zero-order chi connectivity index (χ0) is 18.9. The molecule has 0 atom stereocenters. The van der Waals surface area contributed by atoms with Crippen molar-refractivity contribution in [2.24, 2.45) is 0 Å². The number of benzene rings is 3. The lowest BCUT2D eigenvalue weighted by atomic mass is 9.76. The molecule has 1 heteroatoms. The smallest absolute Gasteiger partial charge is 0.194 e. The predicted molar refractivity (Wildman–Crippen MR) is 110 cm³/mol. The molecule has 0 spiro atoms. The van der Waals surface area contributed by atoms with Crippen molar-refractivity contribution < 1.29 is 4.79 Å². The lowest BCUT2D eigenvalue weighted by Crippen LogP contribution is -2.17. The molecule has 0 radical (unpaired) electrons. The molecule has 0 heterocycles. The van der Waals surface area contributed by atoms with E-state index in [4.69, 9.17) is 0 Å². The fraction of sp³-hybridized carbons (Fsp3) is 0.320. The molecule has 132 valence electrons. The van der Waals surface area contributed by atoms with E-state index in [1.54, 1.807) is 0 Å². The highest BCUT2D eigenvalue weighted by molar-refractivity contribution is 6.26. The van der Waals surface area contributed by atoms with Crippen molar-refractivity contribution in [2.75, 3.05) is 0 Å². The van der Waals surface area contributed by atoms with Gasteiger partial charge in [0.15, 0.2) is 5.78 Å². The van der Waals surface area contributed by atoms with E-state index >= 15 is 0 Å². The zero-order valence-electron chi connectivity index (χ0n) is 16.5. The maximum atomic E-state index is 13.3. The number of hydrogen-bond donors (Lipinski definition) is 0. The Morgan fingerprint density at radius 1 is 0.654 bits per heavy atom. The molecule has 0 saturated heterocycles. The highest BCUT2D eigenvalue weighted by Gasteiger charge is 2.29. The standard InChI is InChI=1S/C25H26O/c1-24(2,3)15-10-11-16-17-8-7-9-18-21(25(4,5)6)13-12-19(22(17)18)23(26)20(16)14-15/h7-14H,1-6H3. The average molecular weight is 342 g/mol. The van der Waals surface area contributed by atoms with Crippen LogP contribution in [0.2, 0.25) is 0 Å². The second kappa shape index (κ2) is 5.30. The van der Waals surface area contributed by atoms with Crippen LogP contribution in [0.15, 0.2) is 48.5 Å². The van der Waals surface area contributed by atoms with Gasteiger partial charge in [0.05, 0.1) is 0 Å². The minimum atomic E-state index is 0.0255. The summed E-state index contributed by atoms with van der Waals surface area (Å²) in [5.74, 6) is 0.148. The Morgan fingerprint density at radius 2 is 1.35 bits per heavy atom. The zero-order valence-corrected chi connectivity index (χ0v) is 16.5. The van der Waals surface area contributed by atoms with E-state index in [9.17, 15) is 4.79 Å². The van der Waals surface area contributed by atoms with Crippen molar-refractivity contribution >= 4 is 16.6 Å². The van der Waals surface area contributed by atoms with Crippen molar-refractivity contribution in [3.05, 3.63) is 70.8 Å². The number of carbonyl (C=O) groups excluding carboxylic acids is 1. The molecule has 4 rings (SSSR count). The van der Waals surface area contributed by atoms with Crippen LogP contribution >= 0.6 is 0 Å². The van der Waals surface area contributed by atoms with Gasteiger partial charge in [0.2, 0.25) is 0 Å². The molecule has 0 N–H and O–H groups in total. The molecule has 0 aromatic heterocycles. The Labute approximate surface area is 156 Å². The minimum Gasteiger partial charge on any atom is -0.289 e. The monoisotopic (exact) mass is 342 g/mol. The molecule has 1 aliphatic carbocycles. The summed E-state index contributed by atoms with van der Waals surface area (Å²) < 4.78 is 0. The topological polar surface area (TPSA) is 17.1 Å². The van der Waals surface area contributed by atoms with Gasteiger partial charge in [-0.15, -0.1) is 0 Å². The molecule has 1 nitrogen and oxygen atoms in total. The van der Waals surface area contributed by atoms with Crippen LogP contribution in [0.3, 0.4) is 0 Å². The molecular weight excluding hydrogens is 316 g/mol. The molecule has 26 heavy (non-hydrogen) atoms. The minimum absolute atomic E-state index is 0.0255. The van der Waals surface area contributed by atoms with Gasteiger partial charge in [-0.1, -0.05) is 84.0 Å². The maximum Gasteiger partial charge on any atom is 0.194 e. The van der Waals surface area contributed by atoms with E-state index in [-0.39, 0.29) is 16.6 Å². The Hall–Kier alpha value is -2.41. The third-order valence-electron chi connectivity index (χ3n) is 5.51. The third-order valence-corrected chi connectivity index (χ3v) is 5.51.